The van der Waals surface area contributed by atoms with E-state index < -0.39 is 6.04 Å². The number of phenolic OH excluding ortho intramolecular Hbond substituents is 1. The highest BCUT2D eigenvalue weighted by Crippen LogP contribution is 2.19. The van der Waals surface area contributed by atoms with Gasteiger partial charge in [0.1, 0.15) is 11.8 Å². The van der Waals surface area contributed by atoms with Crippen LogP contribution in [0.3, 0.4) is 0 Å². The van der Waals surface area contributed by atoms with Gasteiger partial charge in [0.05, 0.1) is 6.21 Å². The number of fused-ring (bicyclic) bond motifs is 1. The molecule has 126 valence electrons. The maximum absolute atomic E-state index is 12.1. The molecule has 1 atom stereocenters. The molecule has 0 aliphatic rings. The summed E-state index contributed by atoms with van der Waals surface area (Å²) < 4.78 is 0. The van der Waals surface area contributed by atoms with Crippen molar-refractivity contribution in [1.29, 1.82) is 0 Å². The molecule has 0 fully saturated rings. The van der Waals surface area contributed by atoms with Crippen molar-refractivity contribution in [3.05, 3.63) is 72.3 Å². The lowest BCUT2D eigenvalue weighted by Crippen LogP contribution is -2.34. The van der Waals surface area contributed by atoms with Crippen LogP contribution in [0.1, 0.15) is 12.5 Å². The molecule has 0 saturated carbocycles. The molecule has 0 spiro atoms. The van der Waals surface area contributed by atoms with E-state index >= 15 is 0 Å². The summed E-state index contributed by atoms with van der Waals surface area (Å²) >= 11 is 0. The molecular weight excluding hydrogens is 314 g/mol. The molecule has 0 heterocycles. The highest BCUT2D eigenvalue weighted by atomic mass is 16.3. The second-order valence-electron chi connectivity index (χ2n) is 5.72. The van der Waals surface area contributed by atoms with Crippen molar-refractivity contribution in [1.82, 2.24) is 5.43 Å². The molecule has 25 heavy (non-hydrogen) atoms. The molecule has 5 heteroatoms. The van der Waals surface area contributed by atoms with Gasteiger partial charge in [-0.05, 0) is 42.0 Å². The van der Waals surface area contributed by atoms with Gasteiger partial charge in [-0.2, -0.15) is 5.10 Å². The van der Waals surface area contributed by atoms with E-state index in [0.29, 0.717) is 5.56 Å². The van der Waals surface area contributed by atoms with Gasteiger partial charge < -0.3 is 10.4 Å². The van der Waals surface area contributed by atoms with Crippen molar-refractivity contribution in [3.8, 4) is 5.75 Å². The van der Waals surface area contributed by atoms with Crippen molar-refractivity contribution in [2.24, 2.45) is 5.10 Å². The van der Waals surface area contributed by atoms with Crippen LogP contribution in [-0.4, -0.2) is 23.3 Å². The minimum atomic E-state index is -0.456. The molecule has 0 aliphatic heterocycles. The van der Waals surface area contributed by atoms with Gasteiger partial charge in [-0.25, -0.2) is 5.43 Å². The highest BCUT2D eigenvalue weighted by molar-refractivity contribution is 5.89. The normalized spacial score (nSPS) is 12.2. The van der Waals surface area contributed by atoms with Crippen LogP contribution < -0.4 is 10.7 Å². The summed E-state index contributed by atoms with van der Waals surface area (Å²) in [5.41, 5.74) is 3.88. The third-order valence-electron chi connectivity index (χ3n) is 3.84. The number of carbonyl (C=O) groups excluding carboxylic acids is 1. The van der Waals surface area contributed by atoms with Crippen molar-refractivity contribution < 1.29 is 9.90 Å². The summed E-state index contributed by atoms with van der Waals surface area (Å²) in [6, 6.07) is 20.3. The lowest BCUT2D eigenvalue weighted by molar-refractivity contribution is -0.121. The van der Waals surface area contributed by atoms with E-state index in [1.807, 2.05) is 42.5 Å². The molecule has 3 N–H and O–H groups in total. The number of anilines is 1. The van der Waals surface area contributed by atoms with E-state index in [-0.39, 0.29) is 11.7 Å². The maximum atomic E-state index is 12.1. The quantitative estimate of drug-likeness (QED) is 0.494. The topological polar surface area (TPSA) is 73.7 Å². The smallest absolute Gasteiger partial charge is 0.262 e. The SMILES string of the molecule is C[C@H](Nc1ccc2ccccc2c1)C(=O)N/N=C/c1ccccc1O. The zero-order valence-corrected chi connectivity index (χ0v) is 13.8. The number of nitrogens with zero attached hydrogens (tertiary/aromatic N) is 1. The Morgan fingerprint density at radius 2 is 1.76 bits per heavy atom. The average Bonchev–Trinajstić information content (AvgIpc) is 2.63. The number of hydrogen-bond donors (Lipinski definition) is 3. The molecule has 0 radical (unpaired) electrons. The number of rotatable bonds is 5. The van der Waals surface area contributed by atoms with Crippen LogP contribution >= 0.6 is 0 Å². The van der Waals surface area contributed by atoms with Crippen LogP contribution in [0.5, 0.6) is 5.75 Å². The largest absolute Gasteiger partial charge is 0.507 e. The van der Waals surface area contributed by atoms with E-state index in [2.05, 4.69) is 15.8 Å². The summed E-state index contributed by atoms with van der Waals surface area (Å²) in [5.74, 6) is -0.150. The van der Waals surface area contributed by atoms with E-state index in [4.69, 9.17) is 0 Å². The van der Waals surface area contributed by atoms with Gasteiger partial charge >= 0.3 is 0 Å². The first-order valence-corrected chi connectivity index (χ1v) is 8.00. The third kappa shape index (κ3) is 4.14. The van der Waals surface area contributed by atoms with Gasteiger partial charge in [-0.1, -0.05) is 42.5 Å². The summed E-state index contributed by atoms with van der Waals surface area (Å²) in [6.45, 7) is 1.76. The van der Waals surface area contributed by atoms with Crippen LogP contribution in [0.15, 0.2) is 71.8 Å². The first-order chi connectivity index (χ1) is 12.1. The highest BCUT2D eigenvalue weighted by Gasteiger charge is 2.11. The number of para-hydroxylation sites is 1. The Bertz CT molecular complexity index is 921. The van der Waals surface area contributed by atoms with E-state index in [1.54, 1.807) is 31.2 Å². The standard InChI is InChI=1S/C20H19N3O2/c1-14(20(25)23-21-13-17-8-4-5-9-19(17)24)22-18-11-10-15-6-2-3-7-16(15)12-18/h2-14,22,24H,1H3,(H,23,25)/b21-13+/t14-/m0/s1. The van der Waals surface area contributed by atoms with Crippen molar-refractivity contribution in [2.75, 3.05) is 5.32 Å². The Morgan fingerprint density at radius 3 is 2.56 bits per heavy atom. The number of aromatic hydroxyl groups is 1. The lowest BCUT2D eigenvalue weighted by atomic mass is 10.1. The fourth-order valence-electron chi connectivity index (χ4n) is 2.45. The number of carbonyl (C=O) groups is 1. The van der Waals surface area contributed by atoms with Crippen LogP contribution in [0.25, 0.3) is 10.8 Å². The molecule has 0 saturated heterocycles. The number of phenols is 1. The molecule has 3 rings (SSSR count). The summed E-state index contributed by atoms with van der Waals surface area (Å²) in [7, 11) is 0. The second-order valence-corrected chi connectivity index (χ2v) is 5.72. The number of hydrazone groups is 1. The molecule has 5 nitrogen and oxygen atoms in total. The number of hydrogen-bond acceptors (Lipinski definition) is 4. The third-order valence-corrected chi connectivity index (χ3v) is 3.84. The average molecular weight is 333 g/mol. The Kier molecular flexibility index (Phi) is 4.95. The van der Waals surface area contributed by atoms with Crippen LogP contribution in [0.4, 0.5) is 5.69 Å². The van der Waals surface area contributed by atoms with Crippen molar-refractivity contribution in [2.45, 2.75) is 13.0 Å². The Balaban J connectivity index is 1.61. The summed E-state index contributed by atoms with van der Waals surface area (Å²) in [4.78, 5) is 12.1. The van der Waals surface area contributed by atoms with E-state index in [9.17, 15) is 9.90 Å². The molecule has 0 aliphatic carbocycles. The van der Waals surface area contributed by atoms with Crippen molar-refractivity contribution in [3.63, 3.8) is 0 Å². The summed E-state index contributed by atoms with van der Waals surface area (Å²) in [5, 5.41) is 19.0. The molecule has 0 unspecified atom stereocenters. The van der Waals surface area contributed by atoms with Crippen molar-refractivity contribution >= 4 is 28.6 Å². The fraction of sp³-hybridized carbons (Fsp3) is 0.100. The van der Waals surface area contributed by atoms with Crippen LogP contribution in [0.2, 0.25) is 0 Å². The number of benzene rings is 3. The van der Waals surface area contributed by atoms with Gasteiger partial charge in [0.15, 0.2) is 0 Å². The van der Waals surface area contributed by atoms with Gasteiger partial charge in [0.25, 0.3) is 5.91 Å². The predicted molar refractivity (Wildman–Crippen MR) is 101 cm³/mol. The van der Waals surface area contributed by atoms with E-state index in [1.165, 1.54) is 6.21 Å². The van der Waals surface area contributed by atoms with E-state index in [0.717, 1.165) is 16.5 Å². The number of amides is 1. The first-order valence-electron chi connectivity index (χ1n) is 8.00. The monoisotopic (exact) mass is 333 g/mol. The molecule has 3 aromatic rings. The zero-order valence-electron chi connectivity index (χ0n) is 13.8. The van der Waals surface area contributed by atoms with Gasteiger partial charge in [-0.15, -0.1) is 0 Å². The van der Waals surface area contributed by atoms with Crippen LogP contribution in [0, 0.1) is 0 Å². The molecule has 1 amide bonds. The Morgan fingerprint density at radius 1 is 1.04 bits per heavy atom. The Labute approximate surface area is 146 Å². The zero-order chi connectivity index (χ0) is 17.6. The molecule has 0 aromatic heterocycles. The van der Waals surface area contributed by atoms with Gasteiger partial charge in [0, 0.05) is 11.3 Å². The second kappa shape index (κ2) is 7.49. The predicted octanol–water partition coefficient (Wildman–Crippen LogP) is 3.50. The Hall–Kier alpha value is -3.34. The molecular formula is C20H19N3O2. The van der Waals surface area contributed by atoms with Crippen LogP contribution in [-0.2, 0) is 4.79 Å². The number of nitrogens with one attached hydrogen (secondary N) is 2. The minimum absolute atomic E-state index is 0.114. The molecule has 0 bridgehead atoms. The summed E-state index contributed by atoms with van der Waals surface area (Å²) in [6.07, 6.45) is 1.41. The minimum Gasteiger partial charge on any atom is -0.507 e. The maximum Gasteiger partial charge on any atom is 0.262 e. The molecule has 3 aromatic carbocycles. The van der Waals surface area contributed by atoms with Gasteiger partial charge in [0.2, 0.25) is 0 Å². The lowest BCUT2D eigenvalue weighted by Gasteiger charge is -2.14. The fourth-order valence-corrected chi connectivity index (χ4v) is 2.45. The van der Waals surface area contributed by atoms with Gasteiger partial charge in [-0.3, -0.25) is 4.79 Å². The first kappa shape index (κ1) is 16.5.